The van der Waals surface area contributed by atoms with Crippen LogP contribution in [0.25, 0.3) is 0 Å². The SMILES string of the molecule is C=CCN(C)CCCCCCOc1ccc2c(c1)CCCN2C(=O)Nc1ccc(F)cc1. The van der Waals surface area contributed by atoms with Crippen LogP contribution >= 0.6 is 0 Å². The number of rotatable bonds is 11. The van der Waals surface area contributed by atoms with Crippen molar-refractivity contribution in [2.24, 2.45) is 0 Å². The highest BCUT2D eigenvalue weighted by atomic mass is 19.1. The lowest BCUT2D eigenvalue weighted by Gasteiger charge is -2.30. The number of nitrogens with zero attached hydrogens (tertiary/aromatic N) is 2. The van der Waals surface area contributed by atoms with Crippen molar-refractivity contribution in [2.75, 3.05) is 43.5 Å². The van der Waals surface area contributed by atoms with Crippen molar-refractivity contribution < 1.29 is 13.9 Å². The number of hydrogen-bond acceptors (Lipinski definition) is 3. The highest BCUT2D eigenvalue weighted by Crippen LogP contribution is 2.31. The fraction of sp³-hybridized carbons (Fsp3) is 0.423. The summed E-state index contributed by atoms with van der Waals surface area (Å²) >= 11 is 0. The average Bonchev–Trinajstić information content (AvgIpc) is 2.79. The molecule has 0 aliphatic carbocycles. The van der Waals surface area contributed by atoms with Gasteiger partial charge in [0.25, 0.3) is 0 Å². The molecule has 1 aliphatic heterocycles. The number of anilines is 2. The Balaban J connectivity index is 1.45. The van der Waals surface area contributed by atoms with Gasteiger partial charge in [-0.3, -0.25) is 4.90 Å². The van der Waals surface area contributed by atoms with Gasteiger partial charge in [-0.2, -0.15) is 0 Å². The van der Waals surface area contributed by atoms with Crippen LogP contribution in [0.2, 0.25) is 0 Å². The predicted molar refractivity (Wildman–Crippen MR) is 129 cm³/mol. The van der Waals surface area contributed by atoms with Crippen LogP contribution in [0.1, 0.15) is 37.7 Å². The topological polar surface area (TPSA) is 44.8 Å². The van der Waals surface area contributed by atoms with Crippen molar-refractivity contribution in [3.63, 3.8) is 0 Å². The molecule has 5 nitrogen and oxygen atoms in total. The van der Waals surface area contributed by atoms with Gasteiger partial charge in [0.2, 0.25) is 0 Å². The van der Waals surface area contributed by atoms with Crippen LogP contribution in [0.4, 0.5) is 20.6 Å². The first-order chi connectivity index (χ1) is 15.6. The molecule has 2 aromatic rings. The summed E-state index contributed by atoms with van der Waals surface area (Å²) in [7, 11) is 2.12. The van der Waals surface area contributed by atoms with Gasteiger partial charge < -0.3 is 15.0 Å². The third-order valence-electron chi connectivity index (χ3n) is 5.65. The maximum atomic E-state index is 13.1. The molecule has 3 rings (SSSR count). The molecule has 0 fully saturated rings. The van der Waals surface area contributed by atoms with Gasteiger partial charge >= 0.3 is 6.03 Å². The van der Waals surface area contributed by atoms with E-state index in [4.69, 9.17) is 4.74 Å². The summed E-state index contributed by atoms with van der Waals surface area (Å²) in [5.41, 5.74) is 2.61. The van der Waals surface area contributed by atoms with Crippen molar-refractivity contribution in [1.29, 1.82) is 0 Å². The number of halogens is 1. The molecule has 2 amide bonds. The number of carbonyl (C=O) groups excluding carboxylic acids is 1. The smallest absolute Gasteiger partial charge is 0.326 e. The van der Waals surface area contributed by atoms with E-state index in [1.165, 1.54) is 25.0 Å². The first kappa shape index (κ1) is 23.8. The number of urea groups is 1. The molecular weight excluding hydrogens is 405 g/mol. The number of benzene rings is 2. The second kappa shape index (κ2) is 12.2. The Hall–Kier alpha value is -2.86. The third-order valence-corrected chi connectivity index (χ3v) is 5.65. The Bertz CT molecular complexity index is 885. The third kappa shape index (κ3) is 7.09. The molecule has 0 aromatic heterocycles. The molecule has 2 aromatic carbocycles. The largest absolute Gasteiger partial charge is 0.494 e. The standard InChI is InChI=1S/C26H34FN3O2/c1-3-16-29(2)17-6-4-5-7-19-32-24-14-15-25-21(20-24)9-8-18-30(25)26(31)28-23-12-10-22(27)11-13-23/h3,10-15,20H,1,4-9,16-19H2,2H3,(H,28,31). The van der Waals surface area contributed by atoms with Gasteiger partial charge in [-0.05, 0) is 87.3 Å². The molecule has 32 heavy (non-hydrogen) atoms. The van der Waals surface area contributed by atoms with E-state index in [0.717, 1.165) is 55.8 Å². The second-order valence-electron chi connectivity index (χ2n) is 8.30. The fourth-order valence-corrected chi connectivity index (χ4v) is 3.94. The summed E-state index contributed by atoms with van der Waals surface area (Å²) < 4.78 is 19.1. The van der Waals surface area contributed by atoms with Gasteiger partial charge in [-0.15, -0.1) is 6.58 Å². The molecule has 0 atom stereocenters. The number of unbranched alkanes of at least 4 members (excludes halogenated alkanes) is 3. The summed E-state index contributed by atoms with van der Waals surface area (Å²) in [4.78, 5) is 16.8. The van der Waals surface area contributed by atoms with Crippen molar-refractivity contribution >= 4 is 17.4 Å². The van der Waals surface area contributed by atoms with E-state index in [-0.39, 0.29) is 11.8 Å². The minimum Gasteiger partial charge on any atom is -0.494 e. The molecule has 1 aliphatic rings. The van der Waals surface area contributed by atoms with Crippen molar-refractivity contribution in [3.05, 3.63) is 66.5 Å². The highest BCUT2D eigenvalue weighted by molar-refractivity contribution is 6.02. The number of fused-ring (bicyclic) bond motifs is 1. The highest BCUT2D eigenvalue weighted by Gasteiger charge is 2.23. The van der Waals surface area contributed by atoms with E-state index in [1.807, 2.05) is 18.2 Å². The monoisotopic (exact) mass is 439 g/mol. The lowest BCUT2D eigenvalue weighted by molar-refractivity contribution is 0.256. The number of hydrogen-bond donors (Lipinski definition) is 1. The normalized spacial score (nSPS) is 13.0. The molecule has 1 heterocycles. The summed E-state index contributed by atoms with van der Waals surface area (Å²) in [6, 6.07) is 11.6. The van der Waals surface area contributed by atoms with Crippen LogP contribution < -0.4 is 15.0 Å². The van der Waals surface area contributed by atoms with Gasteiger partial charge in [-0.25, -0.2) is 9.18 Å². The van der Waals surface area contributed by atoms with Crippen molar-refractivity contribution in [2.45, 2.75) is 38.5 Å². The first-order valence-corrected chi connectivity index (χ1v) is 11.5. The Kier molecular flexibility index (Phi) is 9.11. The second-order valence-corrected chi connectivity index (χ2v) is 8.30. The number of amides is 2. The fourth-order valence-electron chi connectivity index (χ4n) is 3.94. The lowest BCUT2D eigenvalue weighted by atomic mass is 10.0. The summed E-state index contributed by atoms with van der Waals surface area (Å²) in [6.45, 7) is 7.16. The summed E-state index contributed by atoms with van der Waals surface area (Å²) in [5, 5.41) is 2.85. The molecule has 0 unspecified atom stereocenters. The molecule has 0 saturated carbocycles. The predicted octanol–water partition coefficient (Wildman–Crippen LogP) is 5.87. The molecular formula is C26H34FN3O2. The van der Waals surface area contributed by atoms with Crippen LogP contribution in [0.3, 0.4) is 0 Å². The van der Waals surface area contributed by atoms with E-state index in [0.29, 0.717) is 18.8 Å². The van der Waals surface area contributed by atoms with E-state index >= 15 is 0 Å². The molecule has 0 saturated heterocycles. The number of carbonyl (C=O) groups is 1. The molecule has 0 spiro atoms. The number of ether oxygens (including phenoxy) is 1. The van der Waals surface area contributed by atoms with Crippen LogP contribution in [-0.4, -0.2) is 44.2 Å². The van der Waals surface area contributed by atoms with E-state index < -0.39 is 0 Å². The average molecular weight is 440 g/mol. The van der Waals surface area contributed by atoms with Crippen LogP contribution in [-0.2, 0) is 6.42 Å². The molecule has 0 radical (unpaired) electrons. The van der Waals surface area contributed by atoms with Crippen molar-refractivity contribution in [1.82, 2.24) is 4.90 Å². The zero-order chi connectivity index (χ0) is 22.8. The maximum Gasteiger partial charge on any atom is 0.326 e. The van der Waals surface area contributed by atoms with Gasteiger partial charge in [0.1, 0.15) is 11.6 Å². The number of aryl methyl sites for hydroxylation is 1. The Labute approximate surface area is 190 Å². The Morgan fingerprint density at radius 1 is 1.19 bits per heavy atom. The van der Waals surface area contributed by atoms with Crippen LogP contribution in [0.5, 0.6) is 5.75 Å². The summed E-state index contributed by atoms with van der Waals surface area (Å²) in [6.07, 6.45) is 8.34. The van der Waals surface area contributed by atoms with Gasteiger partial charge in [-0.1, -0.05) is 18.9 Å². The first-order valence-electron chi connectivity index (χ1n) is 11.5. The van der Waals surface area contributed by atoms with Gasteiger partial charge in [0.15, 0.2) is 0 Å². The lowest BCUT2D eigenvalue weighted by Crippen LogP contribution is -2.38. The van der Waals surface area contributed by atoms with Crippen LogP contribution in [0.15, 0.2) is 55.1 Å². The van der Waals surface area contributed by atoms with E-state index in [1.54, 1.807) is 17.0 Å². The van der Waals surface area contributed by atoms with Crippen LogP contribution in [0, 0.1) is 5.82 Å². The molecule has 0 bridgehead atoms. The van der Waals surface area contributed by atoms with Gasteiger partial charge in [0.05, 0.1) is 6.61 Å². The van der Waals surface area contributed by atoms with E-state index in [2.05, 4.69) is 29.9 Å². The minimum atomic E-state index is -0.324. The Morgan fingerprint density at radius 3 is 2.75 bits per heavy atom. The van der Waals surface area contributed by atoms with E-state index in [9.17, 15) is 9.18 Å². The number of likely N-dealkylation sites (N-methyl/N-ethyl adjacent to an activating group) is 1. The zero-order valence-electron chi connectivity index (χ0n) is 19.0. The van der Waals surface area contributed by atoms with Crippen molar-refractivity contribution in [3.8, 4) is 5.75 Å². The molecule has 172 valence electrons. The van der Waals surface area contributed by atoms with Gasteiger partial charge in [0, 0.05) is 24.5 Å². The maximum absolute atomic E-state index is 13.1. The summed E-state index contributed by atoms with van der Waals surface area (Å²) in [5.74, 6) is 0.533. The minimum absolute atomic E-state index is 0.204. The molecule has 6 heteroatoms. The zero-order valence-corrected chi connectivity index (χ0v) is 19.0. The quantitative estimate of drug-likeness (QED) is 0.352. The molecule has 1 N–H and O–H groups in total. The number of nitrogens with one attached hydrogen (secondary N) is 1. The Morgan fingerprint density at radius 2 is 1.97 bits per heavy atom.